The lowest BCUT2D eigenvalue weighted by molar-refractivity contribution is 0.113. The molecule has 2 aromatic carbocycles. The zero-order valence-corrected chi connectivity index (χ0v) is 24.0. The van der Waals surface area contributed by atoms with Gasteiger partial charge >= 0.3 is 6.16 Å². The number of carbonyl (C=O) groups is 1. The molecule has 2 heterocycles. The van der Waals surface area contributed by atoms with Gasteiger partial charge in [0.25, 0.3) is 10.0 Å². The van der Waals surface area contributed by atoms with Crippen molar-refractivity contribution in [3.63, 3.8) is 0 Å². The van der Waals surface area contributed by atoms with E-state index in [0.29, 0.717) is 31.3 Å². The highest BCUT2D eigenvalue weighted by atomic mass is 79.9. The number of allylic oxidation sites excluding steroid dienone is 2. The van der Waals surface area contributed by atoms with Crippen LogP contribution in [0, 0.1) is 13.8 Å². The van der Waals surface area contributed by atoms with Gasteiger partial charge in [-0.1, -0.05) is 51.4 Å². The third-order valence-electron chi connectivity index (χ3n) is 6.03. The van der Waals surface area contributed by atoms with Crippen LogP contribution >= 0.6 is 15.9 Å². The average Bonchev–Trinajstić information content (AvgIpc) is 3.25. The Hall–Kier alpha value is -3.77. The third-order valence-corrected chi connectivity index (χ3v) is 8.52. The lowest BCUT2D eigenvalue weighted by atomic mass is 10.1. The average molecular weight is 619 g/mol. The van der Waals surface area contributed by atoms with Crippen molar-refractivity contribution in [3.05, 3.63) is 99.3 Å². The number of aromatic nitrogens is 1. The van der Waals surface area contributed by atoms with E-state index in [9.17, 15) is 13.2 Å². The van der Waals surface area contributed by atoms with E-state index < -0.39 is 16.2 Å². The highest BCUT2D eigenvalue weighted by molar-refractivity contribution is 9.10. The number of nitrogens with zero attached hydrogens (tertiary/aromatic N) is 3. The fourth-order valence-electron chi connectivity index (χ4n) is 4.24. The van der Waals surface area contributed by atoms with Gasteiger partial charge < -0.3 is 24.0 Å². The molecular weight excluding hydrogens is 590 g/mol. The van der Waals surface area contributed by atoms with Crippen LogP contribution in [0.25, 0.3) is 0 Å². The summed E-state index contributed by atoms with van der Waals surface area (Å²) in [6, 6.07) is 15.5. The van der Waals surface area contributed by atoms with Crippen LogP contribution in [-0.2, 0) is 27.9 Å². The van der Waals surface area contributed by atoms with Crippen molar-refractivity contribution in [3.8, 4) is 5.75 Å². The molecule has 0 spiro atoms. The summed E-state index contributed by atoms with van der Waals surface area (Å²) in [7, 11) is -4.20. The van der Waals surface area contributed by atoms with Crippen LogP contribution in [0.5, 0.6) is 5.75 Å². The summed E-state index contributed by atoms with van der Waals surface area (Å²) in [5.74, 6) is 1.09. The maximum absolute atomic E-state index is 13.9. The van der Waals surface area contributed by atoms with Crippen LogP contribution in [0.3, 0.4) is 0 Å². The molecular formula is C27H28BrN3O7S. The van der Waals surface area contributed by atoms with Gasteiger partial charge in [-0.15, -0.1) is 0 Å². The van der Waals surface area contributed by atoms with E-state index in [4.69, 9.17) is 19.1 Å². The maximum Gasteiger partial charge on any atom is 0.511 e. The first-order valence-electron chi connectivity index (χ1n) is 12.1. The smallest absolute Gasteiger partial charge is 0.489 e. The first-order chi connectivity index (χ1) is 18.6. The highest BCUT2D eigenvalue weighted by Crippen LogP contribution is 2.33. The molecule has 39 heavy (non-hydrogen) atoms. The Balaban J connectivity index is 1.70. The molecule has 12 heteroatoms. The van der Waals surface area contributed by atoms with Gasteiger partial charge in [-0.25, -0.2) is 17.5 Å². The van der Waals surface area contributed by atoms with Gasteiger partial charge in [-0.3, -0.25) is 0 Å². The molecule has 0 aliphatic carbocycles. The number of hydrogen-bond acceptors (Lipinski definition) is 8. The molecule has 0 amide bonds. The van der Waals surface area contributed by atoms with Crippen LogP contribution in [-0.4, -0.2) is 47.1 Å². The largest absolute Gasteiger partial charge is 0.511 e. The van der Waals surface area contributed by atoms with Gasteiger partial charge in [0.15, 0.2) is 10.7 Å². The van der Waals surface area contributed by atoms with Gasteiger partial charge in [0, 0.05) is 23.1 Å². The summed E-state index contributed by atoms with van der Waals surface area (Å²) >= 11 is 3.52. The van der Waals surface area contributed by atoms with E-state index in [1.807, 2.05) is 60.4 Å². The number of aryl methyl sites for hydroxylation is 2. The minimum Gasteiger partial charge on any atom is -0.489 e. The van der Waals surface area contributed by atoms with Gasteiger partial charge in [-0.2, -0.15) is 0 Å². The van der Waals surface area contributed by atoms with E-state index >= 15 is 0 Å². The number of ether oxygens (including phenoxy) is 2. The van der Waals surface area contributed by atoms with Crippen LogP contribution < -0.4 is 4.74 Å². The van der Waals surface area contributed by atoms with E-state index in [2.05, 4.69) is 21.1 Å². The lowest BCUT2D eigenvalue weighted by Crippen LogP contribution is -2.42. The standard InChI is InChI=1S/C27H28BrN3O7S/c1-4-30(15-21-14-22(28)10-12-24(21)36-17-20-8-6-5-7-9-20)25-13-11-23(37-27(32)33)16-31(25)39(34,35)26-18(2)29-38-19(26)3/h5-14H,4,15-17H2,1-3H3,(H,32,33). The topological polar surface area (TPSA) is 122 Å². The van der Waals surface area contributed by atoms with Crippen molar-refractivity contribution in [1.29, 1.82) is 0 Å². The fraction of sp³-hybridized carbons (Fsp3) is 0.259. The molecule has 0 saturated carbocycles. The van der Waals surface area contributed by atoms with Gasteiger partial charge in [0.05, 0.1) is 6.54 Å². The molecule has 4 rings (SSSR count). The number of hydrogen-bond donors (Lipinski definition) is 1. The molecule has 1 aliphatic rings. The molecule has 0 atom stereocenters. The summed E-state index contributed by atoms with van der Waals surface area (Å²) in [6.07, 6.45) is 1.46. The SMILES string of the molecule is CCN(Cc1cc(Br)ccc1OCc1ccccc1)C1=CC=C(OC(=O)O)CN1S(=O)(=O)c1c(C)noc1C. The first kappa shape index (κ1) is 28.2. The Bertz CT molecular complexity index is 1500. The third kappa shape index (κ3) is 6.45. The quantitative estimate of drug-likeness (QED) is 0.290. The molecule has 0 saturated heterocycles. The molecule has 1 aromatic heterocycles. The van der Waals surface area contributed by atoms with Crippen LogP contribution in [0.2, 0.25) is 0 Å². The number of carboxylic acid groups (broad SMARTS) is 1. The fourth-order valence-corrected chi connectivity index (χ4v) is 6.40. The summed E-state index contributed by atoms with van der Waals surface area (Å²) in [5.41, 5.74) is 2.05. The second-order valence-electron chi connectivity index (χ2n) is 8.73. The Morgan fingerprint density at radius 3 is 2.56 bits per heavy atom. The van der Waals surface area contributed by atoms with Crippen molar-refractivity contribution in [2.45, 2.75) is 38.8 Å². The predicted octanol–water partition coefficient (Wildman–Crippen LogP) is 5.58. The predicted molar refractivity (Wildman–Crippen MR) is 146 cm³/mol. The van der Waals surface area contributed by atoms with E-state index in [1.165, 1.54) is 26.0 Å². The van der Waals surface area contributed by atoms with E-state index in [0.717, 1.165) is 19.9 Å². The second-order valence-corrected chi connectivity index (χ2v) is 11.4. The summed E-state index contributed by atoms with van der Waals surface area (Å²) < 4.78 is 45.8. The number of benzene rings is 2. The van der Waals surface area contributed by atoms with E-state index in [1.54, 1.807) is 0 Å². The number of rotatable bonds is 10. The van der Waals surface area contributed by atoms with Gasteiger partial charge in [-0.05, 0) is 56.7 Å². The second kappa shape index (κ2) is 12.0. The normalized spacial score (nSPS) is 13.5. The van der Waals surface area contributed by atoms with Crippen LogP contribution in [0.15, 0.2) is 86.2 Å². The molecule has 0 bridgehead atoms. The molecule has 0 unspecified atom stereocenters. The zero-order chi connectivity index (χ0) is 28.2. The first-order valence-corrected chi connectivity index (χ1v) is 14.3. The summed E-state index contributed by atoms with van der Waals surface area (Å²) in [6.45, 7) is 5.75. The van der Waals surface area contributed by atoms with Crippen molar-refractivity contribution < 1.29 is 32.3 Å². The molecule has 1 N–H and O–H groups in total. The Morgan fingerprint density at radius 2 is 1.92 bits per heavy atom. The van der Waals surface area contributed by atoms with Crippen LogP contribution in [0.1, 0.15) is 29.5 Å². The minimum absolute atomic E-state index is 0.0352. The zero-order valence-electron chi connectivity index (χ0n) is 21.6. The van der Waals surface area contributed by atoms with Crippen molar-refractivity contribution >= 4 is 32.1 Å². The van der Waals surface area contributed by atoms with Crippen molar-refractivity contribution in [2.24, 2.45) is 0 Å². The molecule has 206 valence electrons. The Morgan fingerprint density at radius 1 is 1.18 bits per heavy atom. The van der Waals surface area contributed by atoms with Crippen molar-refractivity contribution in [2.75, 3.05) is 13.1 Å². The monoisotopic (exact) mass is 617 g/mol. The maximum atomic E-state index is 13.9. The Kier molecular flexibility index (Phi) is 8.66. The molecule has 10 nitrogen and oxygen atoms in total. The van der Waals surface area contributed by atoms with E-state index in [-0.39, 0.29) is 28.7 Å². The molecule has 3 aromatic rings. The molecule has 0 radical (unpaired) electrons. The van der Waals surface area contributed by atoms with Gasteiger partial charge in [0.1, 0.15) is 29.6 Å². The lowest BCUT2D eigenvalue weighted by Gasteiger charge is -2.36. The van der Waals surface area contributed by atoms with Gasteiger partial charge in [0.2, 0.25) is 0 Å². The number of sulfonamides is 1. The minimum atomic E-state index is -4.20. The molecule has 0 fully saturated rings. The number of halogens is 1. The highest BCUT2D eigenvalue weighted by Gasteiger charge is 2.36. The summed E-state index contributed by atoms with van der Waals surface area (Å²) in [5, 5.41) is 12.9. The molecule has 1 aliphatic heterocycles. The van der Waals surface area contributed by atoms with Crippen molar-refractivity contribution in [1.82, 2.24) is 14.4 Å². The summed E-state index contributed by atoms with van der Waals surface area (Å²) in [4.78, 5) is 13.0. The Labute approximate surface area is 235 Å². The van der Waals surface area contributed by atoms with Crippen LogP contribution in [0.4, 0.5) is 4.79 Å².